The predicted octanol–water partition coefficient (Wildman–Crippen LogP) is 4.03. The zero-order valence-electron chi connectivity index (χ0n) is 16.3. The van der Waals surface area contributed by atoms with Gasteiger partial charge in [-0.25, -0.2) is 4.39 Å². The van der Waals surface area contributed by atoms with E-state index in [0.29, 0.717) is 24.8 Å². The van der Waals surface area contributed by atoms with E-state index in [0.717, 1.165) is 30.5 Å². The SMILES string of the molecule is Cc1cccc(-c2noc(CN3CCCC(C(=O)Nc4ccccc4F)C3)n2)c1. The van der Waals surface area contributed by atoms with Crippen LogP contribution < -0.4 is 5.32 Å². The molecule has 7 heteroatoms. The molecule has 6 nitrogen and oxygen atoms in total. The summed E-state index contributed by atoms with van der Waals surface area (Å²) in [5.41, 5.74) is 2.27. The lowest BCUT2D eigenvalue weighted by Gasteiger charge is -2.30. The molecule has 1 aromatic heterocycles. The van der Waals surface area contributed by atoms with Gasteiger partial charge < -0.3 is 9.84 Å². The van der Waals surface area contributed by atoms with Crippen LogP contribution in [-0.2, 0) is 11.3 Å². The number of halogens is 1. The highest BCUT2D eigenvalue weighted by molar-refractivity contribution is 5.92. The Hall–Kier alpha value is -3.06. The van der Waals surface area contributed by atoms with Gasteiger partial charge in [0.05, 0.1) is 18.2 Å². The summed E-state index contributed by atoms with van der Waals surface area (Å²) in [6.45, 7) is 3.93. The van der Waals surface area contributed by atoms with E-state index in [1.807, 2.05) is 31.2 Å². The molecular formula is C22H23FN4O2. The standard InChI is InChI=1S/C22H23FN4O2/c1-15-6-4-7-16(12-15)21-25-20(29-26-21)14-27-11-5-8-17(13-27)22(28)24-19-10-3-2-9-18(19)23/h2-4,6-7,9-10,12,17H,5,8,11,13-14H2,1H3,(H,24,28). The fourth-order valence-electron chi connectivity index (χ4n) is 3.62. The van der Waals surface area contributed by atoms with Crippen LogP contribution in [0.1, 0.15) is 24.3 Å². The summed E-state index contributed by atoms with van der Waals surface area (Å²) in [6, 6.07) is 14.2. The molecule has 1 unspecified atom stereocenters. The van der Waals surface area contributed by atoms with Gasteiger partial charge in [0.2, 0.25) is 17.6 Å². The van der Waals surface area contributed by atoms with E-state index in [9.17, 15) is 9.18 Å². The van der Waals surface area contributed by atoms with Crippen LogP contribution in [0.2, 0.25) is 0 Å². The number of hydrogen-bond acceptors (Lipinski definition) is 5. The van der Waals surface area contributed by atoms with Crippen molar-refractivity contribution in [3.8, 4) is 11.4 Å². The van der Waals surface area contributed by atoms with Crippen LogP contribution in [0.4, 0.5) is 10.1 Å². The molecule has 0 bridgehead atoms. The number of nitrogens with zero attached hydrogens (tertiary/aromatic N) is 3. The number of hydrogen-bond donors (Lipinski definition) is 1. The van der Waals surface area contributed by atoms with E-state index in [1.54, 1.807) is 18.2 Å². The summed E-state index contributed by atoms with van der Waals surface area (Å²) >= 11 is 0. The third-order valence-electron chi connectivity index (χ3n) is 5.11. The summed E-state index contributed by atoms with van der Waals surface area (Å²) in [7, 11) is 0. The molecule has 1 fully saturated rings. The summed E-state index contributed by atoms with van der Waals surface area (Å²) in [6.07, 6.45) is 1.66. The summed E-state index contributed by atoms with van der Waals surface area (Å²) < 4.78 is 19.2. The first-order valence-corrected chi connectivity index (χ1v) is 9.76. The molecule has 150 valence electrons. The number of benzene rings is 2. The van der Waals surface area contributed by atoms with E-state index in [4.69, 9.17) is 4.52 Å². The third kappa shape index (κ3) is 4.68. The molecule has 2 heterocycles. The van der Waals surface area contributed by atoms with Crippen LogP contribution in [0.3, 0.4) is 0 Å². The van der Waals surface area contributed by atoms with E-state index < -0.39 is 5.82 Å². The van der Waals surface area contributed by atoms with Crippen molar-refractivity contribution in [2.24, 2.45) is 5.92 Å². The number of carbonyl (C=O) groups is 1. The van der Waals surface area contributed by atoms with Crippen molar-refractivity contribution in [1.29, 1.82) is 0 Å². The summed E-state index contributed by atoms with van der Waals surface area (Å²) in [5, 5.41) is 6.78. The van der Waals surface area contributed by atoms with Crippen molar-refractivity contribution in [2.75, 3.05) is 18.4 Å². The molecule has 0 aliphatic carbocycles. The van der Waals surface area contributed by atoms with Crippen molar-refractivity contribution in [3.05, 3.63) is 65.8 Å². The van der Waals surface area contributed by atoms with E-state index in [2.05, 4.69) is 20.4 Å². The van der Waals surface area contributed by atoms with Crippen LogP contribution in [0.25, 0.3) is 11.4 Å². The van der Waals surface area contributed by atoms with E-state index in [1.165, 1.54) is 6.07 Å². The zero-order valence-corrected chi connectivity index (χ0v) is 16.3. The smallest absolute Gasteiger partial charge is 0.241 e. The van der Waals surface area contributed by atoms with Crippen LogP contribution in [0, 0.1) is 18.7 Å². The van der Waals surface area contributed by atoms with Gasteiger partial charge in [-0.05, 0) is 44.5 Å². The maximum Gasteiger partial charge on any atom is 0.241 e. The van der Waals surface area contributed by atoms with Gasteiger partial charge in [-0.15, -0.1) is 0 Å². The number of likely N-dealkylation sites (tertiary alicyclic amines) is 1. The summed E-state index contributed by atoms with van der Waals surface area (Å²) in [4.78, 5) is 19.2. The van der Waals surface area contributed by atoms with Crippen LogP contribution >= 0.6 is 0 Å². The molecule has 1 saturated heterocycles. The lowest BCUT2D eigenvalue weighted by Crippen LogP contribution is -2.40. The van der Waals surface area contributed by atoms with Crippen molar-refractivity contribution < 1.29 is 13.7 Å². The Labute approximate surface area is 168 Å². The Morgan fingerprint density at radius 2 is 2.14 bits per heavy atom. The number of anilines is 1. The first-order chi connectivity index (χ1) is 14.1. The lowest BCUT2D eigenvalue weighted by atomic mass is 9.97. The molecule has 0 spiro atoms. The first-order valence-electron chi connectivity index (χ1n) is 9.76. The minimum atomic E-state index is -0.428. The zero-order chi connectivity index (χ0) is 20.2. The highest BCUT2D eigenvalue weighted by atomic mass is 19.1. The minimum Gasteiger partial charge on any atom is -0.338 e. The molecule has 0 radical (unpaired) electrons. The molecule has 0 saturated carbocycles. The van der Waals surface area contributed by atoms with Gasteiger partial charge in [-0.3, -0.25) is 9.69 Å². The van der Waals surface area contributed by atoms with Crippen LogP contribution in [0.5, 0.6) is 0 Å². The van der Waals surface area contributed by atoms with Gasteiger partial charge in [0.25, 0.3) is 0 Å². The van der Waals surface area contributed by atoms with E-state index in [-0.39, 0.29) is 17.5 Å². The van der Waals surface area contributed by atoms with Crippen molar-refractivity contribution in [3.63, 3.8) is 0 Å². The molecule has 2 aromatic carbocycles. The molecule has 4 rings (SSSR count). The maximum atomic E-state index is 13.8. The molecule has 1 atom stereocenters. The Balaban J connectivity index is 1.38. The Kier molecular flexibility index (Phi) is 5.67. The number of nitrogens with one attached hydrogen (secondary N) is 1. The second kappa shape index (κ2) is 8.53. The van der Waals surface area contributed by atoms with Crippen molar-refractivity contribution in [2.45, 2.75) is 26.3 Å². The Morgan fingerprint density at radius 3 is 2.97 bits per heavy atom. The number of para-hydroxylation sites is 1. The molecule has 1 N–H and O–H groups in total. The molecule has 1 aliphatic rings. The predicted molar refractivity (Wildman–Crippen MR) is 108 cm³/mol. The molecule has 1 amide bonds. The van der Waals surface area contributed by atoms with Gasteiger partial charge in [0.1, 0.15) is 5.82 Å². The number of rotatable bonds is 5. The Morgan fingerprint density at radius 1 is 1.28 bits per heavy atom. The first kappa shape index (κ1) is 19.3. The van der Waals surface area contributed by atoms with Crippen molar-refractivity contribution in [1.82, 2.24) is 15.0 Å². The van der Waals surface area contributed by atoms with Gasteiger partial charge >= 0.3 is 0 Å². The second-order valence-electron chi connectivity index (χ2n) is 7.42. The number of carbonyl (C=O) groups excluding carboxylic acids is 1. The molecular weight excluding hydrogens is 371 g/mol. The molecule has 3 aromatic rings. The average molecular weight is 394 g/mol. The molecule has 1 aliphatic heterocycles. The van der Waals surface area contributed by atoms with Crippen LogP contribution in [-0.4, -0.2) is 34.0 Å². The number of aromatic nitrogens is 2. The largest absolute Gasteiger partial charge is 0.338 e. The minimum absolute atomic E-state index is 0.161. The number of amides is 1. The highest BCUT2D eigenvalue weighted by Crippen LogP contribution is 2.22. The highest BCUT2D eigenvalue weighted by Gasteiger charge is 2.27. The number of piperidine rings is 1. The third-order valence-corrected chi connectivity index (χ3v) is 5.11. The Bertz CT molecular complexity index is 1000. The second-order valence-corrected chi connectivity index (χ2v) is 7.42. The normalized spacial score (nSPS) is 17.2. The van der Waals surface area contributed by atoms with Crippen molar-refractivity contribution >= 4 is 11.6 Å². The topological polar surface area (TPSA) is 71.3 Å². The quantitative estimate of drug-likeness (QED) is 0.707. The van der Waals surface area contributed by atoms with Crippen LogP contribution in [0.15, 0.2) is 53.1 Å². The van der Waals surface area contributed by atoms with E-state index >= 15 is 0 Å². The van der Waals surface area contributed by atoms with Gasteiger partial charge in [-0.2, -0.15) is 4.98 Å². The fourth-order valence-corrected chi connectivity index (χ4v) is 3.62. The monoisotopic (exact) mass is 394 g/mol. The van der Waals surface area contributed by atoms with Gasteiger partial charge in [-0.1, -0.05) is 41.1 Å². The van der Waals surface area contributed by atoms with Gasteiger partial charge in [0.15, 0.2) is 0 Å². The fraction of sp³-hybridized carbons (Fsp3) is 0.318. The molecule has 29 heavy (non-hydrogen) atoms. The van der Waals surface area contributed by atoms with Gasteiger partial charge in [0, 0.05) is 12.1 Å². The maximum absolute atomic E-state index is 13.8. The lowest BCUT2D eigenvalue weighted by molar-refractivity contribution is -0.121. The number of aryl methyl sites for hydroxylation is 1. The summed E-state index contributed by atoms with van der Waals surface area (Å²) in [5.74, 6) is 0.294. The average Bonchev–Trinajstić information content (AvgIpc) is 3.18.